The Morgan fingerprint density at radius 1 is 1.29 bits per heavy atom. The van der Waals surface area contributed by atoms with Gasteiger partial charge < -0.3 is 5.32 Å². The van der Waals surface area contributed by atoms with E-state index < -0.39 is 10.0 Å². The lowest BCUT2D eigenvalue weighted by atomic mass is 9.93. The van der Waals surface area contributed by atoms with Crippen LogP contribution in [0.3, 0.4) is 0 Å². The van der Waals surface area contributed by atoms with Crippen molar-refractivity contribution in [2.75, 3.05) is 22.9 Å². The molecule has 0 aliphatic heterocycles. The molecule has 0 saturated carbocycles. The van der Waals surface area contributed by atoms with E-state index in [0.29, 0.717) is 11.4 Å². The molecule has 0 aliphatic carbocycles. The number of nitrogens with one attached hydrogen (secondary N) is 1. The molecule has 1 amide bonds. The lowest BCUT2D eigenvalue weighted by Crippen LogP contribution is -2.29. The maximum Gasteiger partial charge on any atom is 0.232 e. The molecular weight excluding hydrogens is 288 g/mol. The van der Waals surface area contributed by atoms with E-state index in [2.05, 4.69) is 5.32 Å². The summed E-state index contributed by atoms with van der Waals surface area (Å²) in [6.07, 6.45) is 2.05. The molecule has 0 fully saturated rings. The zero-order valence-corrected chi connectivity index (χ0v) is 14.1. The van der Waals surface area contributed by atoms with Crippen LogP contribution >= 0.6 is 0 Å². The van der Waals surface area contributed by atoms with Gasteiger partial charge in [0.15, 0.2) is 0 Å². The fraction of sp³-hybridized carbons (Fsp3) is 0.533. The Hall–Kier alpha value is -1.56. The zero-order chi connectivity index (χ0) is 16.2. The van der Waals surface area contributed by atoms with E-state index in [-0.39, 0.29) is 17.7 Å². The van der Waals surface area contributed by atoms with Crippen LogP contribution in [0.25, 0.3) is 0 Å². The molecule has 1 aromatic carbocycles. The Kier molecular flexibility index (Phi) is 5.78. The van der Waals surface area contributed by atoms with Gasteiger partial charge in [0.2, 0.25) is 15.9 Å². The molecule has 5 nitrogen and oxygen atoms in total. The molecule has 1 rings (SSSR count). The molecule has 1 aromatic rings. The second kappa shape index (κ2) is 6.93. The van der Waals surface area contributed by atoms with Gasteiger partial charge in [0.1, 0.15) is 0 Å². The Labute approximate surface area is 127 Å². The van der Waals surface area contributed by atoms with Crippen molar-refractivity contribution in [3.05, 3.63) is 24.3 Å². The molecule has 0 radical (unpaired) electrons. The van der Waals surface area contributed by atoms with E-state index in [9.17, 15) is 13.2 Å². The van der Waals surface area contributed by atoms with Crippen molar-refractivity contribution < 1.29 is 13.2 Å². The van der Waals surface area contributed by atoms with Gasteiger partial charge in [0.05, 0.1) is 17.6 Å². The summed E-state index contributed by atoms with van der Waals surface area (Å²) < 4.78 is 24.5. The van der Waals surface area contributed by atoms with Crippen molar-refractivity contribution in [1.82, 2.24) is 0 Å². The maximum absolute atomic E-state index is 12.3. The number of anilines is 2. The number of benzene rings is 1. The topological polar surface area (TPSA) is 66.5 Å². The van der Waals surface area contributed by atoms with Gasteiger partial charge in [0.25, 0.3) is 0 Å². The highest BCUT2D eigenvalue weighted by atomic mass is 32.2. The average Bonchev–Trinajstić information content (AvgIpc) is 2.44. The van der Waals surface area contributed by atoms with Gasteiger partial charge in [-0.05, 0) is 18.1 Å². The minimum Gasteiger partial charge on any atom is -0.324 e. The van der Waals surface area contributed by atoms with Crippen molar-refractivity contribution in [3.8, 4) is 0 Å². The number of rotatable bonds is 6. The maximum atomic E-state index is 12.3. The molecule has 2 atom stereocenters. The molecule has 0 bridgehead atoms. The SMILES string of the molecule is CCC(C)C(C)C(=O)Nc1ccccc1N(C)S(C)(=O)=O. The largest absolute Gasteiger partial charge is 0.324 e. The normalized spacial score (nSPS) is 14.3. The third-order valence-electron chi connectivity index (χ3n) is 3.91. The molecule has 0 aliphatic rings. The molecule has 6 heteroatoms. The molecule has 1 N–H and O–H groups in total. The molecular formula is C15H24N2O3S. The summed E-state index contributed by atoms with van der Waals surface area (Å²) in [5.41, 5.74) is 0.968. The van der Waals surface area contributed by atoms with Gasteiger partial charge in [-0.1, -0.05) is 39.3 Å². The monoisotopic (exact) mass is 312 g/mol. The summed E-state index contributed by atoms with van der Waals surface area (Å²) in [5, 5.41) is 2.83. The quantitative estimate of drug-likeness (QED) is 0.878. The lowest BCUT2D eigenvalue weighted by Gasteiger charge is -2.22. The van der Waals surface area contributed by atoms with E-state index in [1.807, 2.05) is 20.8 Å². The molecule has 0 saturated heterocycles. The van der Waals surface area contributed by atoms with Crippen molar-refractivity contribution in [3.63, 3.8) is 0 Å². The third kappa shape index (κ3) is 4.46. The first kappa shape index (κ1) is 17.5. The summed E-state index contributed by atoms with van der Waals surface area (Å²) in [5.74, 6) is 0.0371. The summed E-state index contributed by atoms with van der Waals surface area (Å²) in [6.45, 7) is 5.95. The number of carbonyl (C=O) groups is 1. The van der Waals surface area contributed by atoms with Crippen LogP contribution in [-0.4, -0.2) is 27.6 Å². The van der Waals surface area contributed by atoms with Crippen LogP contribution in [-0.2, 0) is 14.8 Å². The number of para-hydroxylation sites is 2. The van der Waals surface area contributed by atoms with Crippen LogP contribution in [0.2, 0.25) is 0 Å². The summed E-state index contributed by atoms with van der Waals surface area (Å²) >= 11 is 0. The Balaban J connectivity index is 3.03. The first-order chi connectivity index (χ1) is 9.68. The minimum atomic E-state index is -3.37. The van der Waals surface area contributed by atoms with E-state index in [4.69, 9.17) is 0 Å². The van der Waals surface area contributed by atoms with E-state index in [1.165, 1.54) is 7.05 Å². The van der Waals surface area contributed by atoms with Gasteiger partial charge in [-0.3, -0.25) is 9.10 Å². The summed E-state index contributed by atoms with van der Waals surface area (Å²) in [4.78, 5) is 12.3. The Morgan fingerprint density at radius 3 is 2.38 bits per heavy atom. The predicted molar refractivity (Wildman–Crippen MR) is 86.9 cm³/mol. The molecule has 2 unspecified atom stereocenters. The van der Waals surface area contributed by atoms with Crippen LogP contribution in [0, 0.1) is 11.8 Å². The molecule has 0 heterocycles. The fourth-order valence-electron chi connectivity index (χ4n) is 1.89. The Bertz CT molecular complexity index is 599. The first-order valence-corrected chi connectivity index (χ1v) is 8.87. The van der Waals surface area contributed by atoms with E-state index in [1.54, 1.807) is 24.3 Å². The van der Waals surface area contributed by atoms with E-state index >= 15 is 0 Å². The molecule has 21 heavy (non-hydrogen) atoms. The molecule has 0 aromatic heterocycles. The molecule has 0 spiro atoms. The zero-order valence-electron chi connectivity index (χ0n) is 13.3. The number of hydrogen-bond acceptors (Lipinski definition) is 3. The Morgan fingerprint density at radius 2 is 1.86 bits per heavy atom. The van der Waals surface area contributed by atoms with Crippen molar-refractivity contribution in [2.45, 2.75) is 27.2 Å². The van der Waals surface area contributed by atoms with Crippen LogP contribution < -0.4 is 9.62 Å². The van der Waals surface area contributed by atoms with Gasteiger partial charge in [0, 0.05) is 13.0 Å². The minimum absolute atomic E-state index is 0.0984. The summed E-state index contributed by atoms with van der Waals surface area (Å²) in [7, 11) is -1.90. The van der Waals surface area contributed by atoms with Crippen LogP contribution in [0.4, 0.5) is 11.4 Å². The lowest BCUT2D eigenvalue weighted by molar-refractivity contribution is -0.120. The van der Waals surface area contributed by atoms with Gasteiger partial charge in [-0.25, -0.2) is 8.42 Å². The second-order valence-corrected chi connectivity index (χ2v) is 7.42. The van der Waals surface area contributed by atoms with Crippen LogP contribution in [0.1, 0.15) is 27.2 Å². The smallest absolute Gasteiger partial charge is 0.232 e. The van der Waals surface area contributed by atoms with Gasteiger partial charge >= 0.3 is 0 Å². The number of sulfonamides is 1. The first-order valence-electron chi connectivity index (χ1n) is 7.02. The molecule has 118 valence electrons. The van der Waals surface area contributed by atoms with Gasteiger partial charge in [-0.2, -0.15) is 0 Å². The van der Waals surface area contributed by atoms with Crippen molar-refractivity contribution >= 4 is 27.3 Å². The van der Waals surface area contributed by atoms with Crippen LogP contribution in [0.15, 0.2) is 24.3 Å². The standard InChI is InChI=1S/C15H24N2O3S/c1-6-11(2)12(3)15(18)16-13-9-7-8-10-14(13)17(4)21(5,19)20/h7-12H,6H2,1-5H3,(H,16,18). The number of nitrogens with zero attached hydrogens (tertiary/aromatic N) is 1. The number of carbonyl (C=O) groups excluding carboxylic acids is 1. The summed E-state index contributed by atoms with van der Waals surface area (Å²) in [6, 6.07) is 6.89. The van der Waals surface area contributed by atoms with Crippen molar-refractivity contribution in [1.29, 1.82) is 0 Å². The fourth-order valence-corrected chi connectivity index (χ4v) is 2.41. The van der Waals surface area contributed by atoms with Crippen LogP contribution in [0.5, 0.6) is 0 Å². The average molecular weight is 312 g/mol. The number of hydrogen-bond donors (Lipinski definition) is 1. The highest BCUT2D eigenvalue weighted by Gasteiger charge is 2.21. The highest BCUT2D eigenvalue weighted by Crippen LogP contribution is 2.27. The number of amides is 1. The van der Waals surface area contributed by atoms with E-state index in [0.717, 1.165) is 17.0 Å². The highest BCUT2D eigenvalue weighted by molar-refractivity contribution is 7.92. The second-order valence-electron chi connectivity index (χ2n) is 5.41. The van der Waals surface area contributed by atoms with Crippen molar-refractivity contribution in [2.24, 2.45) is 11.8 Å². The predicted octanol–water partition coefficient (Wildman–Crippen LogP) is 2.70. The van der Waals surface area contributed by atoms with Gasteiger partial charge in [-0.15, -0.1) is 0 Å². The third-order valence-corrected chi connectivity index (χ3v) is 5.10.